The maximum Gasteiger partial charge on any atom is 0.331 e. The minimum absolute atomic E-state index is 0.300. The second-order valence-electron chi connectivity index (χ2n) is 3.86. The fraction of sp³-hybridized carbons (Fsp3) is 0.250. The molecule has 0 radical (unpaired) electrons. The first kappa shape index (κ1) is 14.7. The highest BCUT2D eigenvalue weighted by Crippen LogP contribution is 2.22. The van der Waals surface area contributed by atoms with Gasteiger partial charge in [-0.05, 0) is 34.1 Å². The van der Waals surface area contributed by atoms with Crippen LogP contribution in [-0.2, 0) is 14.3 Å². The number of hydrogen-bond donors (Lipinski definition) is 1. The second kappa shape index (κ2) is 6.67. The van der Waals surface area contributed by atoms with Crippen molar-refractivity contribution in [2.45, 2.75) is 0 Å². The zero-order chi connectivity index (χ0) is 14.5. The molecule has 0 spiro atoms. The van der Waals surface area contributed by atoms with Crippen LogP contribution in [0.5, 0.6) is 0 Å². The van der Waals surface area contributed by atoms with Crippen molar-refractivity contribution in [1.29, 1.82) is 0 Å². The van der Waals surface area contributed by atoms with Crippen LogP contribution in [0.3, 0.4) is 0 Å². The topological polar surface area (TPSA) is 75.7 Å². The fourth-order valence-corrected chi connectivity index (χ4v) is 2.86. The van der Waals surface area contributed by atoms with Gasteiger partial charge in [-0.2, -0.15) is 0 Å². The summed E-state index contributed by atoms with van der Waals surface area (Å²) in [4.78, 5) is 36.2. The fourth-order valence-electron chi connectivity index (χ4n) is 1.54. The van der Waals surface area contributed by atoms with E-state index in [-0.39, 0.29) is 0 Å². The summed E-state index contributed by atoms with van der Waals surface area (Å²) in [6.45, 7) is 0.282. The number of nitrogens with one attached hydrogen (secondary N) is 1. The molecule has 1 aliphatic heterocycles. The molecular formula is C12H11BrN2O4S. The molecule has 1 fully saturated rings. The van der Waals surface area contributed by atoms with Gasteiger partial charge in [-0.1, -0.05) is 0 Å². The van der Waals surface area contributed by atoms with Crippen molar-refractivity contribution >= 4 is 51.3 Å². The SMILES string of the molecule is O=C(/C=C/c1ccc(Br)s1)OCC(=O)N1CCNC1=O. The van der Waals surface area contributed by atoms with Crippen molar-refractivity contribution in [3.8, 4) is 0 Å². The Bertz CT molecular complexity index is 570. The standard InChI is InChI=1S/C12H11BrN2O4S/c13-9-3-1-8(20-9)2-4-11(17)19-7-10(16)15-6-5-14-12(15)18/h1-4H,5-7H2,(H,14,18)/b4-2+. The van der Waals surface area contributed by atoms with E-state index in [0.717, 1.165) is 13.6 Å². The summed E-state index contributed by atoms with van der Waals surface area (Å²) in [6, 6.07) is 3.26. The van der Waals surface area contributed by atoms with Gasteiger partial charge in [-0.15, -0.1) is 11.3 Å². The highest BCUT2D eigenvalue weighted by molar-refractivity contribution is 9.11. The Morgan fingerprint density at radius 2 is 2.30 bits per heavy atom. The summed E-state index contributed by atoms with van der Waals surface area (Å²) in [6.07, 6.45) is 2.85. The lowest BCUT2D eigenvalue weighted by atomic mass is 10.4. The molecule has 20 heavy (non-hydrogen) atoms. The third-order valence-electron chi connectivity index (χ3n) is 2.47. The summed E-state index contributed by atoms with van der Waals surface area (Å²) in [5.41, 5.74) is 0. The van der Waals surface area contributed by atoms with Gasteiger partial charge >= 0.3 is 12.0 Å². The first-order valence-corrected chi connectivity index (χ1v) is 7.35. The first-order valence-electron chi connectivity index (χ1n) is 5.74. The number of imide groups is 1. The van der Waals surface area contributed by atoms with Crippen LogP contribution in [0, 0.1) is 0 Å². The normalized spacial score (nSPS) is 14.7. The van der Waals surface area contributed by atoms with Gasteiger partial charge in [0.1, 0.15) is 0 Å². The van der Waals surface area contributed by atoms with Gasteiger partial charge in [-0.3, -0.25) is 9.69 Å². The summed E-state index contributed by atoms with van der Waals surface area (Å²) >= 11 is 4.78. The maximum absolute atomic E-state index is 11.6. The number of rotatable bonds is 4. The third-order valence-corrected chi connectivity index (χ3v) is 4.06. The van der Waals surface area contributed by atoms with Gasteiger partial charge in [0, 0.05) is 24.0 Å². The molecule has 1 aromatic rings. The van der Waals surface area contributed by atoms with Gasteiger partial charge in [0.15, 0.2) is 6.61 Å². The lowest BCUT2D eigenvalue weighted by Crippen LogP contribution is -2.37. The Hall–Kier alpha value is -1.67. The van der Waals surface area contributed by atoms with E-state index in [2.05, 4.69) is 21.2 Å². The second-order valence-corrected chi connectivity index (χ2v) is 6.35. The Balaban J connectivity index is 1.79. The van der Waals surface area contributed by atoms with Crippen molar-refractivity contribution in [3.05, 3.63) is 26.9 Å². The first-order chi connectivity index (χ1) is 9.56. The lowest BCUT2D eigenvalue weighted by Gasteiger charge is -2.11. The molecule has 0 saturated carbocycles. The lowest BCUT2D eigenvalue weighted by molar-refractivity contribution is -0.146. The number of thiophene rings is 1. The molecule has 106 valence electrons. The van der Waals surface area contributed by atoms with Crippen LogP contribution in [-0.4, -0.2) is 42.5 Å². The number of carbonyl (C=O) groups excluding carboxylic acids is 3. The smallest absolute Gasteiger partial charge is 0.331 e. The number of amides is 3. The molecule has 0 unspecified atom stereocenters. The van der Waals surface area contributed by atoms with Crippen molar-refractivity contribution in [1.82, 2.24) is 10.2 Å². The Kier molecular flexibility index (Phi) is 4.91. The molecular weight excluding hydrogens is 348 g/mol. The third kappa shape index (κ3) is 3.91. The molecule has 2 rings (SSSR count). The zero-order valence-electron chi connectivity index (χ0n) is 10.3. The number of urea groups is 1. The number of nitrogens with zero attached hydrogens (tertiary/aromatic N) is 1. The van der Waals surface area contributed by atoms with Crippen LogP contribution in [0.2, 0.25) is 0 Å². The van der Waals surface area contributed by atoms with Crippen molar-refractivity contribution in [2.75, 3.05) is 19.7 Å². The Morgan fingerprint density at radius 3 is 2.90 bits per heavy atom. The van der Waals surface area contributed by atoms with E-state index in [1.807, 2.05) is 12.1 Å². The van der Waals surface area contributed by atoms with Crippen molar-refractivity contribution in [3.63, 3.8) is 0 Å². The maximum atomic E-state index is 11.6. The van der Waals surface area contributed by atoms with E-state index in [4.69, 9.17) is 4.74 Å². The number of carbonyl (C=O) groups is 3. The van der Waals surface area contributed by atoms with E-state index in [0.29, 0.717) is 13.1 Å². The largest absolute Gasteiger partial charge is 0.452 e. The van der Waals surface area contributed by atoms with E-state index in [1.165, 1.54) is 17.4 Å². The van der Waals surface area contributed by atoms with Gasteiger partial charge in [-0.25, -0.2) is 9.59 Å². The predicted octanol–water partition coefficient (Wildman–Crippen LogP) is 1.62. The average Bonchev–Trinajstić information content (AvgIpc) is 3.02. The predicted molar refractivity (Wildman–Crippen MR) is 77.1 cm³/mol. The van der Waals surface area contributed by atoms with Crippen molar-refractivity contribution < 1.29 is 19.1 Å². The zero-order valence-corrected chi connectivity index (χ0v) is 12.7. The van der Waals surface area contributed by atoms with Crippen LogP contribution in [0.25, 0.3) is 6.08 Å². The number of halogens is 1. The molecule has 2 heterocycles. The Morgan fingerprint density at radius 1 is 1.50 bits per heavy atom. The molecule has 1 aliphatic rings. The molecule has 3 amide bonds. The molecule has 0 bridgehead atoms. The van der Waals surface area contributed by atoms with Crippen LogP contribution >= 0.6 is 27.3 Å². The minimum Gasteiger partial charge on any atom is -0.452 e. The number of hydrogen-bond acceptors (Lipinski definition) is 5. The van der Waals surface area contributed by atoms with Gasteiger partial charge in [0.25, 0.3) is 5.91 Å². The van der Waals surface area contributed by atoms with Crippen LogP contribution in [0.4, 0.5) is 4.79 Å². The molecule has 6 nitrogen and oxygen atoms in total. The Labute approximate surface area is 127 Å². The number of esters is 1. The van der Waals surface area contributed by atoms with E-state index < -0.39 is 24.5 Å². The van der Waals surface area contributed by atoms with E-state index in [1.54, 1.807) is 6.08 Å². The highest BCUT2D eigenvalue weighted by Gasteiger charge is 2.26. The number of ether oxygens (including phenoxy) is 1. The van der Waals surface area contributed by atoms with Crippen LogP contribution < -0.4 is 5.32 Å². The van der Waals surface area contributed by atoms with E-state index >= 15 is 0 Å². The average molecular weight is 359 g/mol. The molecule has 1 saturated heterocycles. The molecule has 0 atom stereocenters. The minimum atomic E-state index is -0.623. The monoisotopic (exact) mass is 358 g/mol. The molecule has 8 heteroatoms. The summed E-state index contributed by atoms with van der Waals surface area (Å²) < 4.78 is 5.75. The van der Waals surface area contributed by atoms with Crippen molar-refractivity contribution in [2.24, 2.45) is 0 Å². The van der Waals surface area contributed by atoms with E-state index in [9.17, 15) is 14.4 Å². The molecule has 1 aromatic heterocycles. The van der Waals surface area contributed by atoms with Crippen LogP contribution in [0.1, 0.15) is 4.88 Å². The molecule has 0 aliphatic carbocycles. The quantitative estimate of drug-likeness (QED) is 0.655. The highest BCUT2D eigenvalue weighted by atomic mass is 79.9. The van der Waals surface area contributed by atoms with Crippen LogP contribution in [0.15, 0.2) is 22.0 Å². The summed E-state index contributed by atoms with van der Waals surface area (Å²) in [5.74, 6) is -1.15. The summed E-state index contributed by atoms with van der Waals surface area (Å²) in [5, 5.41) is 2.50. The van der Waals surface area contributed by atoms with Gasteiger partial charge in [0.05, 0.1) is 3.79 Å². The molecule has 1 N–H and O–H groups in total. The molecule has 0 aromatic carbocycles. The van der Waals surface area contributed by atoms with Gasteiger partial charge < -0.3 is 10.1 Å². The van der Waals surface area contributed by atoms with Gasteiger partial charge in [0.2, 0.25) is 0 Å². The summed E-state index contributed by atoms with van der Waals surface area (Å²) in [7, 11) is 0.